The van der Waals surface area contributed by atoms with Gasteiger partial charge in [0.05, 0.1) is 11.2 Å². The number of rotatable bonds is 4. The minimum absolute atomic E-state index is 0. The molecule has 0 bridgehead atoms. The van der Waals surface area contributed by atoms with Crippen LogP contribution in [-0.2, 0) is 10.3 Å². The van der Waals surface area contributed by atoms with E-state index in [0.717, 1.165) is 30.0 Å². The van der Waals surface area contributed by atoms with Gasteiger partial charge in [-0.25, -0.2) is 4.98 Å². The average Bonchev–Trinajstić information content (AvgIpc) is 2.96. The summed E-state index contributed by atoms with van der Waals surface area (Å²) in [4.78, 5) is 18.3. The molecule has 0 aliphatic heterocycles. The van der Waals surface area contributed by atoms with Gasteiger partial charge in [-0.2, -0.15) is 0 Å². The third-order valence-corrected chi connectivity index (χ3v) is 5.69. The van der Waals surface area contributed by atoms with Gasteiger partial charge < -0.3 is 11.1 Å². The lowest BCUT2D eigenvalue weighted by Crippen LogP contribution is -2.45. The highest BCUT2D eigenvalue weighted by molar-refractivity contribution is 7.11. The minimum Gasteiger partial charge on any atom is -0.344 e. The van der Waals surface area contributed by atoms with Gasteiger partial charge in [-0.15, -0.1) is 36.2 Å². The van der Waals surface area contributed by atoms with E-state index in [1.54, 1.807) is 11.3 Å². The summed E-state index contributed by atoms with van der Waals surface area (Å²) in [7, 11) is 0. The number of aromatic nitrogens is 1. The zero-order valence-electron chi connectivity index (χ0n) is 13.6. The topological polar surface area (TPSA) is 68.0 Å². The number of thiazole rings is 1. The van der Waals surface area contributed by atoms with Crippen molar-refractivity contribution in [1.29, 1.82) is 0 Å². The van der Waals surface area contributed by atoms with Crippen LogP contribution in [0.5, 0.6) is 0 Å². The molecule has 1 amide bonds. The second-order valence-electron chi connectivity index (χ2n) is 6.31. The summed E-state index contributed by atoms with van der Waals surface area (Å²) >= 11 is 1.66. The van der Waals surface area contributed by atoms with E-state index >= 15 is 0 Å². The maximum atomic E-state index is 12.5. The van der Waals surface area contributed by atoms with Crippen LogP contribution in [0.1, 0.15) is 48.7 Å². The van der Waals surface area contributed by atoms with E-state index in [2.05, 4.69) is 17.2 Å². The highest BCUT2D eigenvalue weighted by atomic mass is 35.5. The van der Waals surface area contributed by atoms with Crippen molar-refractivity contribution in [1.82, 2.24) is 10.3 Å². The maximum absolute atomic E-state index is 12.5. The SMILES string of the molecule is Cc1nc(C(C)(C)NC(=O)[C@@H]2CCC[C@@H]2CN)sc1C.Cl.Cl. The van der Waals surface area contributed by atoms with Crippen molar-refractivity contribution in [3.63, 3.8) is 0 Å². The molecule has 128 valence electrons. The monoisotopic (exact) mass is 367 g/mol. The second kappa shape index (κ2) is 8.48. The molecule has 0 spiro atoms. The number of nitrogens with zero attached hydrogens (tertiary/aromatic N) is 1. The Bertz CT molecular complexity index is 485. The van der Waals surface area contributed by atoms with E-state index in [1.807, 2.05) is 20.8 Å². The molecule has 4 nitrogen and oxygen atoms in total. The van der Waals surface area contributed by atoms with Crippen LogP contribution in [-0.4, -0.2) is 17.4 Å². The molecule has 0 unspecified atom stereocenters. The average molecular weight is 368 g/mol. The van der Waals surface area contributed by atoms with Crippen LogP contribution in [0.4, 0.5) is 0 Å². The summed E-state index contributed by atoms with van der Waals surface area (Å²) < 4.78 is 0. The fourth-order valence-corrected chi connectivity index (χ4v) is 3.83. The fraction of sp³-hybridized carbons (Fsp3) is 0.733. The molecule has 1 aromatic rings. The molecule has 0 saturated heterocycles. The third kappa shape index (κ3) is 4.57. The van der Waals surface area contributed by atoms with E-state index in [0.29, 0.717) is 12.5 Å². The summed E-state index contributed by atoms with van der Waals surface area (Å²) in [6, 6.07) is 0. The lowest BCUT2D eigenvalue weighted by atomic mass is 9.94. The van der Waals surface area contributed by atoms with Crippen molar-refractivity contribution < 1.29 is 4.79 Å². The summed E-state index contributed by atoms with van der Waals surface area (Å²) in [6.45, 7) is 8.72. The summed E-state index contributed by atoms with van der Waals surface area (Å²) in [6.07, 6.45) is 3.14. The van der Waals surface area contributed by atoms with Crippen LogP contribution in [0.3, 0.4) is 0 Å². The largest absolute Gasteiger partial charge is 0.344 e. The van der Waals surface area contributed by atoms with Crippen molar-refractivity contribution >= 4 is 42.1 Å². The normalized spacial score (nSPS) is 21.0. The predicted molar refractivity (Wildman–Crippen MR) is 97.1 cm³/mol. The van der Waals surface area contributed by atoms with E-state index < -0.39 is 5.54 Å². The number of carbonyl (C=O) groups is 1. The molecule has 1 aromatic heterocycles. The molecule has 3 N–H and O–H groups in total. The summed E-state index contributed by atoms with van der Waals surface area (Å²) in [5, 5.41) is 4.15. The van der Waals surface area contributed by atoms with Crippen LogP contribution >= 0.6 is 36.2 Å². The molecule has 1 aliphatic rings. The number of hydrogen-bond donors (Lipinski definition) is 2. The minimum atomic E-state index is -0.414. The van der Waals surface area contributed by atoms with Crippen LogP contribution in [0, 0.1) is 25.7 Å². The van der Waals surface area contributed by atoms with Gasteiger partial charge in [-0.05, 0) is 53.0 Å². The highest BCUT2D eigenvalue weighted by Gasteiger charge is 2.35. The molecule has 0 aromatic carbocycles. The standard InChI is InChI=1S/C15H25N3OS.2ClH/c1-9-10(2)20-14(17-9)15(3,4)18-13(19)12-7-5-6-11(12)8-16;;/h11-12H,5-8,16H2,1-4H3,(H,18,19);2*1H/t11-,12-;;/m1../s1. The first-order valence-corrected chi connectivity index (χ1v) is 8.13. The van der Waals surface area contributed by atoms with Crippen LogP contribution in [0.25, 0.3) is 0 Å². The Morgan fingerprint density at radius 3 is 2.50 bits per heavy atom. The summed E-state index contributed by atoms with van der Waals surface area (Å²) in [5.74, 6) is 0.542. The molecule has 1 heterocycles. The molecular formula is C15H27Cl2N3OS. The molecule has 22 heavy (non-hydrogen) atoms. The molecule has 0 radical (unpaired) electrons. The maximum Gasteiger partial charge on any atom is 0.224 e. The fourth-order valence-electron chi connectivity index (χ4n) is 2.86. The first kappa shape index (κ1) is 21.6. The van der Waals surface area contributed by atoms with Crippen molar-refractivity contribution in [2.45, 2.75) is 52.5 Å². The van der Waals surface area contributed by atoms with E-state index in [1.165, 1.54) is 4.88 Å². The predicted octanol–water partition coefficient (Wildman–Crippen LogP) is 3.33. The Labute approximate surface area is 149 Å². The Hall–Kier alpha value is -0.360. The van der Waals surface area contributed by atoms with Crippen LogP contribution in [0.2, 0.25) is 0 Å². The van der Waals surface area contributed by atoms with E-state index in [4.69, 9.17) is 5.73 Å². The number of hydrogen-bond acceptors (Lipinski definition) is 4. The van der Waals surface area contributed by atoms with Crippen molar-refractivity contribution in [3.05, 3.63) is 15.6 Å². The quantitative estimate of drug-likeness (QED) is 0.857. The van der Waals surface area contributed by atoms with Crippen molar-refractivity contribution in [3.8, 4) is 0 Å². The Kier molecular flexibility index (Phi) is 8.34. The van der Waals surface area contributed by atoms with Gasteiger partial charge in [0, 0.05) is 10.8 Å². The lowest BCUT2D eigenvalue weighted by molar-refractivity contribution is -0.127. The van der Waals surface area contributed by atoms with E-state index in [-0.39, 0.29) is 36.6 Å². The van der Waals surface area contributed by atoms with Gasteiger partial charge >= 0.3 is 0 Å². The molecular weight excluding hydrogens is 341 g/mol. The number of nitrogens with one attached hydrogen (secondary N) is 1. The van der Waals surface area contributed by atoms with Gasteiger partial charge in [-0.1, -0.05) is 6.42 Å². The zero-order valence-corrected chi connectivity index (χ0v) is 16.1. The van der Waals surface area contributed by atoms with Crippen LogP contribution in [0.15, 0.2) is 0 Å². The first-order chi connectivity index (χ1) is 9.35. The molecule has 2 atom stereocenters. The highest BCUT2D eigenvalue weighted by Crippen LogP contribution is 2.33. The van der Waals surface area contributed by atoms with Gasteiger partial charge in [0.15, 0.2) is 0 Å². The lowest BCUT2D eigenvalue weighted by Gasteiger charge is -2.27. The molecule has 1 aliphatic carbocycles. The van der Waals surface area contributed by atoms with Crippen molar-refractivity contribution in [2.75, 3.05) is 6.54 Å². The first-order valence-electron chi connectivity index (χ1n) is 7.31. The summed E-state index contributed by atoms with van der Waals surface area (Å²) in [5.41, 5.74) is 6.40. The Morgan fingerprint density at radius 1 is 1.36 bits per heavy atom. The number of aryl methyl sites for hydroxylation is 2. The molecule has 7 heteroatoms. The number of nitrogens with two attached hydrogens (primary N) is 1. The number of carbonyl (C=O) groups excluding carboxylic acids is 1. The second-order valence-corrected chi connectivity index (χ2v) is 7.51. The van der Waals surface area contributed by atoms with Gasteiger partial charge in [0.25, 0.3) is 0 Å². The molecule has 2 rings (SSSR count). The Morgan fingerprint density at radius 2 is 2.00 bits per heavy atom. The Balaban J connectivity index is 0.00000220. The van der Waals surface area contributed by atoms with Gasteiger partial charge in [-0.3, -0.25) is 4.79 Å². The molecule has 1 fully saturated rings. The number of amides is 1. The number of halogens is 2. The third-order valence-electron chi connectivity index (χ3n) is 4.30. The van der Waals surface area contributed by atoms with Gasteiger partial charge in [0.1, 0.15) is 5.01 Å². The molecule has 1 saturated carbocycles. The van der Waals surface area contributed by atoms with Gasteiger partial charge in [0.2, 0.25) is 5.91 Å². The zero-order chi connectivity index (χ0) is 14.9. The smallest absolute Gasteiger partial charge is 0.224 e. The van der Waals surface area contributed by atoms with Crippen LogP contribution < -0.4 is 11.1 Å². The van der Waals surface area contributed by atoms with Crippen molar-refractivity contribution in [2.24, 2.45) is 17.6 Å². The van der Waals surface area contributed by atoms with E-state index in [9.17, 15) is 4.79 Å².